The highest BCUT2D eigenvalue weighted by Gasteiger charge is 2.34. The minimum atomic E-state index is -1.94. The van der Waals surface area contributed by atoms with Crippen LogP contribution >= 0.6 is 69.6 Å². The number of carbonyl (C=O) groups excluding carboxylic acids is 1. The van der Waals surface area contributed by atoms with Crippen LogP contribution in [0, 0.1) is 0 Å². The summed E-state index contributed by atoms with van der Waals surface area (Å²) in [4.78, 5) is 23.4. The molecule has 1 aromatic heterocycles. The number of ether oxygens (including phenoxy) is 1. The highest BCUT2D eigenvalue weighted by molar-refractivity contribution is 6.67. The molecule has 0 bridgehead atoms. The van der Waals surface area contributed by atoms with Gasteiger partial charge in [-0.25, -0.2) is 19.7 Å². The summed E-state index contributed by atoms with van der Waals surface area (Å²) in [6, 6.07) is 6.88. The largest absolute Gasteiger partial charge is 0.466 e. The summed E-state index contributed by atoms with van der Waals surface area (Å²) < 4.78 is 0.667. The Balaban J connectivity index is 2.54. The van der Waals surface area contributed by atoms with Gasteiger partial charge in [-0.15, -0.1) is 0 Å². The van der Waals surface area contributed by atoms with Gasteiger partial charge in [0.1, 0.15) is 0 Å². The van der Waals surface area contributed by atoms with Crippen molar-refractivity contribution >= 4 is 81.7 Å². The Morgan fingerprint density at radius 1 is 1.00 bits per heavy atom. The summed E-state index contributed by atoms with van der Waals surface area (Å²) in [7, 11) is 1.28. The second kappa shape index (κ2) is 8.46. The number of aromatic nitrogens is 3. The molecular weight excluding hydrogens is 467 g/mol. The minimum absolute atomic E-state index is 0.135. The SMILES string of the molecule is COC(=O)C=Cc1cccc(-c2nc(C(Cl)(Cl)Cl)nc(C(Cl)(Cl)Cl)n2)c1. The molecule has 138 valence electrons. The molecule has 0 saturated heterocycles. The van der Waals surface area contributed by atoms with Crippen LogP contribution in [-0.2, 0) is 17.1 Å². The van der Waals surface area contributed by atoms with Crippen LogP contribution in [0.3, 0.4) is 0 Å². The lowest BCUT2D eigenvalue weighted by atomic mass is 10.1. The molecule has 0 fully saturated rings. The molecule has 1 heterocycles. The summed E-state index contributed by atoms with van der Waals surface area (Å²) in [5.74, 6) is -0.739. The van der Waals surface area contributed by atoms with Crippen LogP contribution in [0.15, 0.2) is 30.3 Å². The van der Waals surface area contributed by atoms with Gasteiger partial charge in [-0.2, -0.15) is 0 Å². The van der Waals surface area contributed by atoms with Crippen LogP contribution in [0.4, 0.5) is 0 Å². The number of rotatable bonds is 3. The fraction of sp³-hybridized carbons (Fsp3) is 0.200. The second-order valence-corrected chi connectivity index (χ2v) is 9.35. The Labute approximate surface area is 179 Å². The predicted octanol–water partition coefficient (Wildman–Crippen LogP) is 5.38. The topological polar surface area (TPSA) is 65.0 Å². The lowest BCUT2D eigenvalue weighted by Crippen LogP contribution is -2.16. The average Bonchev–Trinajstić information content (AvgIpc) is 2.58. The fourth-order valence-corrected chi connectivity index (χ4v) is 2.28. The molecule has 5 nitrogen and oxygen atoms in total. The summed E-state index contributed by atoms with van der Waals surface area (Å²) in [6.07, 6.45) is 2.83. The number of methoxy groups -OCH3 is 1. The van der Waals surface area contributed by atoms with Crippen LogP contribution in [0.5, 0.6) is 0 Å². The molecule has 0 aliphatic rings. The first-order valence-corrected chi connectivity index (χ1v) is 9.04. The van der Waals surface area contributed by atoms with Gasteiger partial charge in [0.05, 0.1) is 7.11 Å². The van der Waals surface area contributed by atoms with Gasteiger partial charge in [-0.3, -0.25) is 0 Å². The zero-order chi connectivity index (χ0) is 19.5. The van der Waals surface area contributed by atoms with E-state index in [0.717, 1.165) is 0 Å². The molecule has 0 spiro atoms. The molecule has 2 rings (SSSR count). The third-order valence-corrected chi connectivity index (χ3v) is 3.91. The number of halogens is 6. The molecule has 0 N–H and O–H groups in total. The summed E-state index contributed by atoms with van der Waals surface area (Å²) in [6.45, 7) is 0. The van der Waals surface area contributed by atoms with Crippen LogP contribution < -0.4 is 0 Å². The summed E-state index contributed by atoms with van der Waals surface area (Å²) in [5, 5.41) is 0. The lowest BCUT2D eigenvalue weighted by molar-refractivity contribution is -0.134. The van der Waals surface area contributed by atoms with Crippen LogP contribution in [0.1, 0.15) is 17.2 Å². The normalized spacial score (nSPS) is 12.4. The molecular formula is C15H9Cl6N3O2. The Kier molecular flexibility index (Phi) is 6.99. The molecule has 0 radical (unpaired) electrons. The van der Waals surface area contributed by atoms with Gasteiger partial charge in [0.2, 0.25) is 7.59 Å². The molecule has 1 aromatic carbocycles. The van der Waals surface area contributed by atoms with E-state index in [9.17, 15) is 4.79 Å². The van der Waals surface area contributed by atoms with E-state index < -0.39 is 13.6 Å². The van der Waals surface area contributed by atoms with Crippen molar-refractivity contribution in [1.82, 2.24) is 15.0 Å². The van der Waals surface area contributed by atoms with Crippen molar-refractivity contribution < 1.29 is 9.53 Å². The third-order valence-electron chi connectivity index (χ3n) is 2.90. The minimum Gasteiger partial charge on any atom is -0.466 e. The smallest absolute Gasteiger partial charge is 0.330 e. The number of hydrogen-bond donors (Lipinski definition) is 0. The fourth-order valence-electron chi connectivity index (χ4n) is 1.77. The van der Waals surface area contributed by atoms with Crippen molar-refractivity contribution in [1.29, 1.82) is 0 Å². The first kappa shape index (κ1) is 21.5. The molecule has 0 unspecified atom stereocenters. The molecule has 0 atom stereocenters. The van der Waals surface area contributed by atoms with Gasteiger partial charge in [0.25, 0.3) is 0 Å². The van der Waals surface area contributed by atoms with Gasteiger partial charge < -0.3 is 4.74 Å². The zero-order valence-corrected chi connectivity index (χ0v) is 17.4. The van der Waals surface area contributed by atoms with Crippen molar-refractivity contribution in [3.05, 3.63) is 47.6 Å². The van der Waals surface area contributed by atoms with Crippen LogP contribution in [0.2, 0.25) is 0 Å². The molecule has 11 heteroatoms. The van der Waals surface area contributed by atoms with Crippen molar-refractivity contribution in [2.24, 2.45) is 0 Å². The first-order chi connectivity index (χ1) is 12.0. The Morgan fingerprint density at radius 2 is 1.58 bits per heavy atom. The van der Waals surface area contributed by atoms with E-state index in [4.69, 9.17) is 69.6 Å². The Hall–Kier alpha value is -0.820. The summed E-state index contributed by atoms with van der Waals surface area (Å²) in [5.41, 5.74) is 1.21. The van der Waals surface area contributed by atoms with Gasteiger partial charge in [0.15, 0.2) is 17.5 Å². The lowest BCUT2D eigenvalue weighted by Gasteiger charge is -2.15. The van der Waals surface area contributed by atoms with Crippen LogP contribution in [0.25, 0.3) is 17.5 Å². The summed E-state index contributed by atoms with van der Waals surface area (Å²) >= 11 is 35.1. The average molecular weight is 476 g/mol. The van der Waals surface area contributed by atoms with Crippen molar-refractivity contribution in [3.8, 4) is 11.4 Å². The maximum absolute atomic E-state index is 11.2. The third kappa shape index (κ3) is 5.84. The van der Waals surface area contributed by atoms with Crippen molar-refractivity contribution in [2.75, 3.05) is 7.11 Å². The number of benzene rings is 1. The maximum Gasteiger partial charge on any atom is 0.330 e. The maximum atomic E-state index is 11.2. The van der Waals surface area contributed by atoms with E-state index in [1.165, 1.54) is 13.2 Å². The van der Waals surface area contributed by atoms with Crippen molar-refractivity contribution in [3.63, 3.8) is 0 Å². The second-order valence-electron chi connectivity index (χ2n) is 4.78. The number of esters is 1. The highest BCUT2D eigenvalue weighted by atomic mass is 35.6. The van der Waals surface area contributed by atoms with E-state index >= 15 is 0 Å². The number of carbonyl (C=O) groups is 1. The standard InChI is InChI=1S/C15H9Cl6N3O2/c1-26-10(25)6-5-8-3-2-4-9(7-8)11-22-12(14(16,17)18)24-13(23-11)15(19,20)21/h2-7H,1H3. The molecule has 0 aliphatic carbocycles. The zero-order valence-electron chi connectivity index (χ0n) is 12.9. The Bertz CT molecular complexity index is 814. The quantitative estimate of drug-likeness (QED) is 0.339. The van der Waals surface area contributed by atoms with Gasteiger partial charge >= 0.3 is 5.97 Å². The van der Waals surface area contributed by atoms with E-state index in [-0.39, 0.29) is 17.5 Å². The molecule has 0 amide bonds. The number of hydrogen-bond acceptors (Lipinski definition) is 5. The molecule has 26 heavy (non-hydrogen) atoms. The van der Waals surface area contributed by atoms with E-state index in [1.54, 1.807) is 30.3 Å². The molecule has 0 saturated carbocycles. The first-order valence-electron chi connectivity index (χ1n) is 6.77. The van der Waals surface area contributed by atoms with Gasteiger partial charge in [-0.1, -0.05) is 87.8 Å². The van der Waals surface area contributed by atoms with E-state index in [0.29, 0.717) is 11.1 Å². The monoisotopic (exact) mass is 473 g/mol. The van der Waals surface area contributed by atoms with Crippen LogP contribution in [-0.4, -0.2) is 28.0 Å². The molecule has 2 aromatic rings. The Morgan fingerprint density at radius 3 is 2.08 bits per heavy atom. The van der Waals surface area contributed by atoms with E-state index in [1.807, 2.05) is 0 Å². The van der Waals surface area contributed by atoms with E-state index in [2.05, 4.69) is 19.7 Å². The number of alkyl halides is 6. The number of nitrogens with zero attached hydrogens (tertiary/aromatic N) is 3. The van der Waals surface area contributed by atoms with Gasteiger partial charge in [-0.05, 0) is 17.7 Å². The predicted molar refractivity (Wildman–Crippen MR) is 105 cm³/mol. The van der Waals surface area contributed by atoms with Gasteiger partial charge in [0, 0.05) is 11.6 Å². The highest BCUT2D eigenvalue weighted by Crippen LogP contribution is 2.40. The molecule has 0 aliphatic heterocycles. The van der Waals surface area contributed by atoms with Crippen molar-refractivity contribution in [2.45, 2.75) is 7.59 Å².